The third kappa shape index (κ3) is 10.0. The molecule has 0 saturated carbocycles. The van der Waals surface area contributed by atoms with Gasteiger partial charge in [0.05, 0.1) is 16.7 Å². The second kappa shape index (κ2) is 16.6. The van der Waals surface area contributed by atoms with Gasteiger partial charge >= 0.3 is 0 Å². The summed E-state index contributed by atoms with van der Waals surface area (Å²) >= 11 is 9.94. The summed E-state index contributed by atoms with van der Waals surface area (Å²) in [6.07, 6.45) is 0.287. The lowest BCUT2D eigenvalue weighted by Gasteiger charge is -2.24. The normalized spacial score (nSPS) is 12.0. The SMILES string of the molecule is N#Cc1cccc(C(=O)CCc2cc(CN(Cc3ccc(CS(=O)[O-])cc3)S(=O)(=O)c3cc(Cl)cc(Cl)c3O)cc(Oc3ccc(F)cc3)c2)c1. The molecule has 0 aromatic heterocycles. The molecule has 0 heterocycles. The summed E-state index contributed by atoms with van der Waals surface area (Å²) in [5.74, 6) is -0.976. The Kier molecular flexibility index (Phi) is 12.3. The van der Waals surface area contributed by atoms with Crippen LogP contribution in [-0.4, -0.2) is 32.4 Å². The number of ether oxygens (including phenoxy) is 1. The Morgan fingerprint density at radius 3 is 2.24 bits per heavy atom. The number of carbonyl (C=O) groups is 1. The Balaban J connectivity index is 1.53. The maximum Gasteiger partial charge on any atom is 0.247 e. The number of phenols is 1. The third-order valence-electron chi connectivity index (χ3n) is 7.67. The van der Waals surface area contributed by atoms with E-state index >= 15 is 0 Å². The Morgan fingerprint density at radius 2 is 1.55 bits per heavy atom. The van der Waals surface area contributed by atoms with E-state index in [0.717, 1.165) is 10.4 Å². The molecule has 0 aliphatic rings. The molecule has 0 radical (unpaired) electrons. The zero-order chi connectivity index (χ0) is 36.7. The number of hydrogen-bond donors (Lipinski definition) is 1. The van der Waals surface area contributed by atoms with Crippen molar-refractivity contribution in [3.05, 3.63) is 152 Å². The Morgan fingerprint density at radius 1 is 0.882 bits per heavy atom. The van der Waals surface area contributed by atoms with Crippen LogP contribution < -0.4 is 4.74 Å². The first-order valence-corrected chi connectivity index (χ1v) is 18.7. The highest BCUT2D eigenvalue weighted by atomic mass is 35.5. The molecule has 51 heavy (non-hydrogen) atoms. The lowest BCUT2D eigenvalue weighted by molar-refractivity contribution is 0.0982. The molecule has 0 amide bonds. The van der Waals surface area contributed by atoms with E-state index in [1.165, 1.54) is 36.4 Å². The molecular weight excluding hydrogens is 738 g/mol. The highest BCUT2D eigenvalue weighted by Gasteiger charge is 2.30. The molecule has 0 spiro atoms. The fraction of sp³-hybridized carbons (Fsp3) is 0.135. The van der Waals surface area contributed by atoms with Crippen LogP contribution in [0.3, 0.4) is 0 Å². The van der Waals surface area contributed by atoms with Gasteiger partial charge in [-0.25, -0.2) is 12.8 Å². The number of benzene rings is 5. The Bertz CT molecular complexity index is 2250. The maximum atomic E-state index is 14.2. The Labute approximate surface area is 306 Å². The number of nitrogens with zero attached hydrogens (tertiary/aromatic N) is 2. The van der Waals surface area contributed by atoms with Gasteiger partial charge in [-0.2, -0.15) is 9.57 Å². The molecule has 1 atom stereocenters. The highest BCUT2D eigenvalue weighted by Crippen LogP contribution is 2.37. The molecule has 0 aliphatic heterocycles. The van der Waals surface area contributed by atoms with Gasteiger partial charge in [0.25, 0.3) is 0 Å². The molecule has 0 bridgehead atoms. The van der Waals surface area contributed by atoms with Gasteiger partial charge in [-0.3, -0.25) is 9.00 Å². The largest absolute Gasteiger partial charge is 0.772 e. The van der Waals surface area contributed by atoms with Crippen LogP contribution >= 0.6 is 23.2 Å². The van der Waals surface area contributed by atoms with E-state index in [9.17, 15) is 36.7 Å². The molecule has 1 unspecified atom stereocenters. The van der Waals surface area contributed by atoms with Crippen LogP contribution in [0.15, 0.2) is 108 Å². The van der Waals surface area contributed by atoms with E-state index in [-0.39, 0.29) is 53.3 Å². The number of hydrogen-bond acceptors (Lipinski definition) is 8. The van der Waals surface area contributed by atoms with Crippen LogP contribution in [0.1, 0.15) is 44.6 Å². The van der Waals surface area contributed by atoms with Crippen molar-refractivity contribution in [2.24, 2.45) is 0 Å². The van der Waals surface area contributed by atoms with Crippen LogP contribution in [0.2, 0.25) is 10.0 Å². The first kappa shape index (κ1) is 37.6. The van der Waals surface area contributed by atoms with Gasteiger partial charge in [0.1, 0.15) is 22.2 Å². The average molecular weight is 767 g/mol. The van der Waals surface area contributed by atoms with E-state index in [2.05, 4.69) is 0 Å². The van der Waals surface area contributed by atoms with Gasteiger partial charge in [-0.15, -0.1) is 0 Å². The van der Waals surface area contributed by atoms with Crippen molar-refractivity contribution < 1.29 is 36.2 Å². The molecule has 9 nitrogen and oxygen atoms in total. The minimum atomic E-state index is -4.51. The second-order valence-corrected chi connectivity index (χ2v) is 15.1. The van der Waals surface area contributed by atoms with Crippen molar-refractivity contribution in [2.75, 3.05) is 0 Å². The number of nitriles is 1. The zero-order valence-corrected chi connectivity index (χ0v) is 29.7. The summed E-state index contributed by atoms with van der Waals surface area (Å²) < 4.78 is 71.6. The molecule has 5 aromatic rings. The Hall–Kier alpha value is -4.61. The first-order valence-electron chi connectivity index (χ1n) is 15.2. The predicted octanol–water partition coefficient (Wildman–Crippen LogP) is 8.09. The standard InChI is InChI=1S/C37H29Cl2FN2O7S2/c38-30-18-34(39)37(44)36(19-30)51(47,48)42(21-24-4-6-25(7-5-24)23-50(45)46)22-28-14-26(8-13-35(43)29-3-1-2-27(15-29)20-41)16-33(17-28)49-32-11-9-31(40)10-12-32/h1-7,9-12,14-19,44H,8,13,21-23H2,(H,45,46)/p-1. The summed E-state index contributed by atoms with van der Waals surface area (Å²) in [7, 11) is -4.51. The maximum absolute atomic E-state index is 14.2. The molecule has 1 N–H and O–H groups in total. The quantitative estimate of drug-likeness (QED) is 0.0881. The summed E-state index contributed by atoms with van der Waals surface area (Å²) in [6.45, 7) is -0.469. The number of aryl methyl sites for hydroxylation is 1. The number of aromatic hydroxyl groups is 1. The summed E-state index contributed by atoms with van der Waals surface area (Å²) in [6, 6.07) is 27.3. The molecule has 5 aromatic carbocycles. The predicted molar refractivity (Wildman–Crippen MR) is 190 cm³/mol. The number of halogens is 3. The average Bonchev–Trinajstić information content (AvgIpc) is 3.10. The van der Waals surface area contributed by atoms with Crippen molar-refractivity contribution in [3.8, 4) is 23.3 Å². The van der Waals surface area contributed by atoms with Crippen LogP contribution in [-0.2, 0) is 46.4 Å². The fourth-order valence-corrected chi connectivity index (χ4v) is 7.84. The van der Waals surface area contributed by atoms with Crippen molar-refractivity contribution >= 4 is 50.1 Å². The first-order chi connectivity index (χ1) is 24.3. The lowest BCUT2D eigenvalue weighted by Crippen LogP contribution is -2.30. The van der Waals surface area contributed by atoms with E-state index in [4.69, 9.17) is 27.9 Å². The van der Waals surface area contributed by atoms with Gasteiger partial charge in [0, 0.05) is 35.8 Å². The van der Waals surface area contributed by atoms with Crippen molar-refractivity contribution in [2.45, 2.75) is 36.6 Å². The fourth-order valence-electron chi connectivity index (χ4n) is 5.21. The van der Waals surface area contributed by atoms with Crippen molar-refractivity contribution in [1.29, 1.82) is 5.26 Å². The number of Topliss-reactive ketones (excluding diaryl/α,β-unsaturated/α-hetero) is 1. The van der Waals surface area contributed by atoms with Crippen LogP contribution in [0.5, 0.6) is 17.2 Å². The van der Waals surface area contributed by atoms with E-state index in [1.54, 1.807) is 60.7 Å². The van der Waals surface area contributed by atoms with Gasteiger partial charge in [0.15, 0.2) is 11.5 Å². The molecule has 5 rings (SSSR count). The molecule has 0 aliphatic carbocycles. The van der Waals surface area contributed by atoms with Crippen molar-refractivity contribution in [1.82, 2.24) is 4.31 Å². The van der Waals surface area contributed by atoms with Crippen LogP contribution in [0.4, 0.5) is 4.39 Å². The molecule has 262 valence electrons. The van der Waals surface area contributed by atoms with Crippen LogP contribution in [0, 0.1) is 17.1 Å². The number of sulfonamides is 1. The van der Waals surface area contributed by atoms with E-state index < -0.39 is 37.6 Å². The summed E-state index contributed by atoms with van der Waals surface area (Å²) in [4.78, 5) is 12.5. The molecule has 14 heteroatoms. The molecule has 0 fully saturated rings. The van der Waals surface area contributed by atoms with Gasteiger partial charge < -0.3 is 14.4 Å². The minimum Gasteiger partial charge on any atom is -0.772 e. The highest BCUT2D eigenvalue weighted by molar-refractivity contribution is 7.89. The summed E-state index contributed by atoms with van der Waals surface area (Å²) in [5.41, 5.74) is 2.80. The number of phenolic OH excluding ortho intramolecular Hbond substituents is 1. The molecule has 0 saturated heterocycles. The number of carbonyl (C=O) groups excluding carboxylic acids is 1. The third-order valence-corrected chi connectivity index (χ3v) is 10.5. The lowest BCUT2D eigenvalue weighted by atomic mass is 10.00. The second-order valence-electron chi connectivity index (χ2n) is 11.4. The van der Waals surface area contributed by atoms with Crippen molar-refractivity contribution in [3.63, 3.8) is 0 Å². The minimum absolute atomic E-state index is 0.0201. The van der Waals surface area contributed by atoms with Gasteiger partial charge in [-0.1, -0.05) is 76.7 Å². The number of ketones is 1. The smallest absolute Gasteiger partial charge is 0.247 e. The molecular formula is C37H28Cl2FN2O7S2-. The van der Waals surface area contributed by atoms with Gasteiger partial charge in [-0.05, 0) is 89.3 Å². The van der Waals surface area contributed by atoms with E-state index in [0.29, 0.717) is 39.1 Å². The van der Waals surface area contributed by atoms with Crippen LogP contribution in [0.25, 0.3) is 0 Å². The van der Waals surface area contributed by atoms with Gasteiger partial charge in [0.2, 0.25) is 10.0 Å². The summed E-state index contributed by atoms with van der Waals surface area (Å²) in [5, 5.41) is 19.7. The monoisotopic (exact) mass is 765 g/mol. The van der Waals surface area contributed by atoms with E-state index in [1.807, 2.05) is 6.07 Å². The topological polar surface area (TPSA) is 148 Å². The number of rotatable bonds is 14. The zero-order valence-electron chi connectivity index (χ0n) is 26.6.